The quantitative estimate of drug-likeness (QED) is 0.295. The van der Waals surface area contributed by atoms with Crippen molar-refractivity contribution >= 4 is 40.6 Å². The highest BCUT2D eigenvalue weighted by Crippen LogP contribution is 2.32. The van der Waals surface area contributed by atoms with Crippen molar-refractivity contribution in [1.29, 1.82) is 0 Å². The number of thiocarbonyl (C=S) groups is 1. The number of hydrogen-bond acceptors (Lipinski definition) is 6. The fraction of sp³-hybridized carbons (Fsp3) is 0.227. The van der Waals surface area contributed by atoms with Gasteiger partial charge in [0.15, 0.2) is 5.11 Å². The average Bonchev–Trinajstić information content (AvgIpc) is 2.77. The number of esters is 1. The Morgan fingerprint density at radius 2 is 1.97 bits per heavy atom. The lowest BCUT2D eigenvalue weighted by Crippen LogP contribution is -2.46. The van der Waals surface area contributed by atoms with Crippen molar-refractivity contribution in [2.45, 2.75) is 19.9 Å². The van der Waals surface area contributed by atoms with Crippen LogP contribution >= 0.6 is 12.2 Å². The Morgan fingerprint density at radius 1 is 1.25 bits per heavy atom. The fourth-order valence-corrected chi connectivity index (χ4v) is 3.57. The third-order valence-electron chi connectivity index (χ3n) is 5.05. The number of carbonyl (C=O) groups excluding carboxylic acids is 2. The molecule has 0 saturated carbocycles. The number of amides is 1. The van der Waals surface area contributed by atoms with Crippen molar-refractivity contribution in [3.05, 3.63) is 81.0 Å². The molecule has 32 heavy (non-hydrogen) atoms. The molecule has 10 heteroatoms. The second-order valence-corrected chi connectivity index (χ2v) is 7.43. The van der Waals surface area contributed by atoms with E-state index in [0.29, 0.717) is 27.6 Å². The van der Waals surface area contributed by atoms with Gasteiger partial charge in [-0.25, -0.2) is 4.79 Å². The van der Waals surface area contributed by atoms with E-state index < -0.39 is 22.8 Å². The first kappa shape index (κ1) is 22.9. The molecule has 2 N–H and O–H groups in total. The average molecular weight is 455 g/mol. The van der Waals surface area contributed by atoms with Gasteiger partial charge < -0.3 is 20.3 Å². The molecule has 0 fully saturated rings. The van der Waals surface area contributed by atoms with Crippen LogP contribution in [0.5, 0.6) is 0 Å². The van der Waals surface area contributed by atoms with E-state index in [9.17, 15) is 19.7 Å². The number of anilines is 1. The summed E-state index contributed by atoms with van der Waals surface area (Å²) >= 11 is 5.39. The molecule has 0 aliphatic carbocycles. The highest BCUT2D eigenvalue weighted by atomic mass is 32.1. The molecule has 1 aliphatic rings. The molecule has 2 aromatic rings. The standard InChI is InChI=1S/C22H22N4O5S/c1-4-31-21(28)18-13(2)25(3)22(32)24-19(18)14-7-5-9-16(11-14)23-20(27)15-8-6-10-17(12-15)26(29)30/h5-12,19H,4H2,1-3H3,(H,23,27)(H,24,32). The van der Waals surface area contributed by atoms with Gasteiger partial charge in [0.2, 0.25) is 0 Å². The van der Waals surface area contributed by atoms with E-state index in [0.717, 1.165) is 0 Å². The molecule has 9 nitrogen and oxygen atoms in total. The number of nitrogens with zero attached hydrogens (tertiary/aromatic N) is 2. The molecule has 0 aromatic heterocycles. The summed E-state index contributed by atoms with van der Waals surface area (Å²) in [7, 11) is 1.76. The maximum absolute atomic E-state index is 12.7. The van der Waals surface area contributed by atoms with E-state index in [1.807, 2.05) is 0 Å². The lowest BCUT2D eigenvalue weighted by atomic mass is 9.95. The maximum Gasteiger partial charge on any atom is 0.338 e. The number of nitro groups is 1. The van der Waals surface area contributed by atoms with Crippen molar-refractivity contribution in [2.75, 3.05) is 19.0 Å². The molecule has 3 rings (SSSR count). The molecular weight excluding hydrogens is 432 g/mol. The smallest absolute Gasteiger partial charge is 0.338 e. The summed E-state index contributed by atoms with van der Waals surface area (Å²) in [4.78, 5) is 37.4. The van der Waals surface area contributed by atoms with Gasteiger partial charge in [-0.2, -0.15) is 0 Å². The minimum Gasteiger partial charge on any atom is -0.463 e. The van der Waals surface area contributed by atoms with Crippen molar-refractivity contribution in [2.24, 2.45) is 0 Å². The van der Waals surface area contributed by atoms with Gasteiger partial charge in [0, 0.05) is 36.1 Å². The summed E-state index contributed by atoms with van der Waals surface area (Å²) in [5, 5.41) is 17.3. The Kier molecular flexibility index (Phi) is 6.84. The second kappa shape index (κ2) is 9.56. The minimum atomic E-state index is -0.563. The number of nitro benzene ring substituents is 1. The van der Waals surface area contributed by atoms with Crippen LogP contribution in [0.1, 0.15) is 35.8 Å². The van der Waals surface area contributed by atoms with E-state index in [2.05, 4.69) is 10.6 Å². The van der Waals surface area contributed by atoms with E-state index in [4.69, 9.17) is 17.0 Å². The SMILES string of the molecule is CCOC(=O)C1=C(C)N(C)C(=S)NC1c1cccc(NC(=O)c2cccc([N+](=O)[O-])c2)c1. The Morgan fingerprint density at radius 3 is 2.66 bits per heavy atom. The molecule has 0 bridgehead atoms. The van der Waals surface area contributed by atoms with Crippen LogP contribution in [0.25, 0.3) is 0 Å². The van der Waals surface area contributed by atoms with Gasteiger partial charge >= 0.3 is 5.97 Å². The molecule has 0 radical (unpaired) electrons. The highest BCUT2D eigenvalue weighted by molar-refractivity contribution is 7.80. The third-order valence-corrected chi connectivity index (χ3v) is 5.44. The summed E-state index contributed by atoms with van der Waals surface area (Å²) in [5.74, 6) is -0.946. The first-order chi connectivity index (χ1) is 15.2. The molecule has 0 spiro atoms. The van der Waals surface area contributed by atoms with Crippen molar-refractivity contribution in [3.63, 3.8) is 0 Å². The van der Waals surface area contributed by atoms with Crippen molar-refractivity contribution in [1.82, 2.24) is 10.2 Å². The first-order valence-corrected chi connectivity index (χ1v) is 10.2. The van der Waals surface area contributed by atoms with E-state index in [1.165, 1.54) is 24.3 Å². The molecule has 1 unspecified atom stereocenters. The molecule has 1 amide bonds. The summed E-state index contributed by atoms with van der Waals surface area (Å²) < 4.78 is 5.24. The van der Waals surface area contributed by atoms with E-state index in [-0.39, 0.29) is 17.9 Å². The van der Waals surface area contributed by atoms with Gasteiger partial charge in [0.25, 0.3) is 11.6 Å². The number of benzene rings is 2. The minimum absolute atomic E-state index is 0.158. The Balaban J connectivity index is 1.91. The lowest BCUT2D eigenvalue weighted by molar-refractivity contribution is -0.384. The monoisotopic (exact) mass is 454 g/mol. The zero-order valence-corrected chi connectivity index (χ0v) is 18.6. The van der Waals surface area contributed by atoms with Crippen molar-refractivity contribution < 1.29 is 19.2 Å². The largest absolute Gasteiger partial charge is 0.463 e. The number of ether oxygens (including phenoxy) is 1. The van der Waals surface area contributed by atoms with E-state index in [1.54, 1.807) is 50.1 Å². The maximum atomic E-state index is 12.7. The molecule has 1 atom stereocenters. The van der Waals surface area contributed by atoms with Crippen LogP contribution in [0.15, 0.2) is 59.8 Å². The molecule has 0 saturated heterocycles. The molecule has 2 aromatic carbocycles. The predicted octanol–water partition coefficient (Wildman–Crippen LogP) is 3.55. The van der Waals surface area contributed by atoms with E-state index >= 15 is 0 Å². The van der Waals surface area contributed by atoms with Crippen LogP contribution < -0.4 is 10.6 Å². The second-order valence-electron chi connectivity index (χ2n) is 7.05. The predicted molar refractivity (Wildman–Crippen MR) is 123 cm³/mol. The summed E-state index contributed by atoms with van der Waals surface area (Å²) in [6.45, 7) is 3.76. The summed E-state index contributed by atoms with van der Waals surface area (Å²) in [6.07, 6.45) is 0. The van der Waals surface area contributed by atoms with Gasteiger partial charge in [-0.1, -0.05) is 18.2 Å². The van der Waals surface area contributed by atoms with Crippen LogP contribution in [0.4, 0.5) is 11.4 Å². The van der Waals surface area contributed by atoms with Crippen LogP contribution in [0.2, 0.25) is 0 Å². The van der Waals surface area contributed by atoms with Gasteiger partial charge in [-0.05, 0) is 49.8 Å². The molecule has 1 heterocycles. The number of nitrogens with one attached hydrogen (secondary N) is 2. The number of hydrogen-bond donors (Lipinski definition) is 2. The highest BCUT2D eigenvalue weighted by Gasteiger charge is 2.33. The normalized spacial score (nSPS) is 15.8. The topological polar surface area (TPSA) is 114 Å². The van der Waals surface area contributed by atoms with Crippen LogP contribution in [0.3, 0.4) is 0 Å². The number of non-ortho nitro benzene ring substituents is 1. The Labute approximate surface area is 190 Å². The zero-order valence-electron chi connectivity index (χ0n) is 17.7. The third kappa shape index (κ3) is 4.75. The lowest BCUT2D eigenvalue weighted by Gasteiger charge is -2.35. The molecule has 1 aliphatic heterocycles. The van der Waals surface area contributed by atoms with Crippen LogP contribution in [-0.2, 0) is 9.53 Å². The van der Waals surface area contributed by atoms with Crippen molar-refractivity contribution in [3.8, 4) is 0 Å². The number of carbonyl (C=O) groups is 2. The number of allylic oxidation sites excluding steroid dienone is 1. The summed E-state index contributed by atoms with van der Waals surface area (Å²) in [6, 6.07) is 11.9. The summed E-state index contributed by atoms with van der Waals surface area (Å²) in [5.41, 5.74) is 2.24. The van der Waals surface area contributed by atoms with Gasteiger partial charge in [0.05, 0.1) is 23.1 Å². The van der Waals surface area contributed by atoms with Gasteiger partial charge in [-0.15, -0.1) is 0 Å². The Hall–Kier alpha value is -3.79. The fourth-order valence-electron chi connectivity index (χ4n) is 3.32. The van der Waals surface area contributed by atoms with Gasteiger partial charge in [-0.3, -0.25) is 14.9 Å². The van der Waals surface area contributed by atoms with Gasteiger partial charge in [0.1, 0.15) is 0 Å². The molecular formula is C22H22N4O5S. The van der Waals surface area contributed by atoms with Crippen LogP contribution in [-0.4, -0.2) is 40.5 Å². The Bertz CT molecular complexity index is 1130. The van der Waals surface area contributed by atoms with Crippen LogP contribution in [0, 0.1) is 10.1 Å². The first-order valence-electron chi connectivity index (χ1n) is 9.80. The molecule has 166 valence electrons. The zero-order chi connectivity index (χ0) is 23.4. The number of rotatable bonds is 6.